The Morgan fingerprint density at radius 2 is 1.43 bits per heavy atom. The Morgan fingerprint density at radius 3 is 2.06 bits per heavy atom. The molecule has 0 aliphatic rings. The van der Waals surface area contributed by atoms with Gasteiger partial charge >= 0.3 is 5.97 Å². The van der Waals surface area contributed by atoms with Gasteiger partial charge in [0.25, 0.3) is 5.91 Å². The Hall–Kier alpha value is -4.26. The van der Waals surface area contributed by atoms with E-state index in [1.165, 1.54) is 0 Å². The summed E-state index contributed by atoms with van der Waals surface area (Å²) in [6, 6.07) is 22.4. The van der Waals surface area contributed by atoms with Crippen molar-refractivity contribution >= 4 is 34.2 Å². The fraction of sp³-hybridized carbons (Fsp3) is 0.214. The Labute approximate surface area is 204 Å². The molecule has 1 N–H and O–H groups in total. The van der Waals surface area contributed by atoms with E-state index in [1.807, 2.05) is 74.5 Å². The number of anilines is 2. The van der Waals surface area contributed by atoms with Gasteiger partial charge in [0.05, 0.1) is 12.2 Å². The molecule has 4 aromatic rings. The molecule has 7 nitrogen and oxygen atoms in total. The highest BCUT2D eigenvalue weighted by molar-refractivity contribution is 6.01. The average molecular weight is 469 g/mol. The number of aromatic nitrogens is 2. The molecule has 0 unspecified atom stereocenters. The largest absolute Gasteiger partial charge is 0.462 e. The maximum atomic E-state index is 12.6. The number of rotatable bonds is 8. The predicted octanol–water partition coefficient (Wildman–Crippen LogP) is 5.70. The number of hydrogen-bond donors (Lipinski definition) is 1. The standard InChI is InChI=1S/C28H28N4O3/c1-4-32(5-2)27(33)20-15-17-22(18-16-20)29-26-24-10-8-7-9-23(24)25(30-31-26)19-11-13-21(14-12-19)28(34)35-6-3/h7-18H,4-6H2,1-3H3,(H,29,31). The summed E-state index contributed by atoms with van der Waals surface area (Å²) in [5.41, 5.74) is 3.53. The van der Waals surface area contributed by atoms with Crippen LogP contribution < -0.4 is 5.32 Å². The van der Waals surface area contributed by atoms with Gasteiger partial charge in [-0.3, -0.25) is 4.79 Å². The second kappa shape index (κ2) is 10.8. The summed E-state index contributed by atoms with van der Waals surface area (Å²) in [5, 5.41) is 14.1. The van der Waals surface area contributed by atoms with Crippen LogP contribution in [0.25, 0.3) is 22.0 Å². The number of carbonyl (C=O) groups excluding carboxylic acids is 2. The minimum absolute atomic E-state index is 0.0186. The molecule has 0 bridgehead atoms. The minimum atomic E-state index is -0.348. The van der Waals surface area contributed by atoms with Crippen molar-refractivity contribution in [3.63, 3.8) is 0 Å². The van der Waals surface area contributed by atoms with Crippen LogP contribution in [0.4, 0.5) is 11.5 Å². The van der Waals surface area contributed by atoms with Crippen molar-refractivity contribution < 1.29 is 14.3 Å². The summed E-state index contributed by atoms with van der Waals surface area (Å²) in [4.78, 5) is 26.3. The number of ether oxygens (including phenoxy) is 1. The topological polar surface area (TPSA) is 84.4 Å². The average Bonchev–Trinajstić information content (AvgIpc) is 2.90. The summed E-state index contributed by atoms with van der Waals surface area (Å²) in [6.07, 6.45) is 0. The van der Waals surface area contributed by atoms with Crippen molar-refractivity contribution in [3.8, 4) is 11.3 Å². The van der Waals surface area contributed by atoms with E-state index in [0.29, 0.717) is 36.6 Å². The Balaban J connectivity index is 1.61. The van der Waals surface area contributed by atoms with E-state index in [1.54, 1.807) is 24.0 Å². The third-order valence-electron chi connectivity index (χ3n) is 5.80. The number of amides is 1. The second-order valence-corrected chi connectivity index (χ2v) is 7.92. The molecule has 0 spiro atoms. The van der Waals surface area contributed by atoms with E-state index in [9.17, 15) is 9.59 Å². The van der Waals surface area contributed by atoms with Crippen LogP contribution in [0.5, 0.6) is 0 Å². The monoisotopic (exact) mass is 468 g/mol. The van der Waals surface area contributed by atoms with E-state index < -0.39 is 0 Å². The third kappa shape index (κ3) is 5.14. The summed E-state index contributed by atoms with van der Waals surface area (Å²) >= 11 is 0. The summed E-state index contributed by atoms with van der Waals surface area (Å²) in [7, 11) is 0. The number of benzene rings is 3. The van der Waals surface area contributed by atoms with Crippen LogP contribution in [-0.2, 0) is 4.74 Å². The van der Waals surface area contributed by atoms with Crippen LogP contribution >= 0.6 is 0 Å². The SMILES string of the molecule is CCOC(=O)c1ccc(-c2nnc(Nc3ccc(C(=O)N(CC)CC)cc3)c3ccccc23)cc1. The van der Waals surface area contributed by atoms with E-state index in [0.717, 1.165) is 27.7 Å². The first-order chi connectivity index (χ1) is 17.0. The zero-order valence-electron chi connectivity index (χ0n) is 20.1. The molecule has 0 aliphatic carbocycles. The van der Waals surface area contributed by atoms with Crippen molar-refractivity contribution in [2.45, 2.75) is 20.8 Å². The molecule has 3 aromatic carbocycles. The number of carbonyl (C=O) groups is 2. The van der Waals surface area contributed by atoms with E-state index in [2.05, 4.69) is 15.5 Å². The maximum Gasteiger partial charge on any atom is 0.338 e. The van der Waals surface area contributed by atoms with Crippen LogP contribution in [0.1, 0.15) is 41.5 Å². The second-order valence-electron chi connectivity index (χ2n) is 7.92. The van der Waals surface area contributed by atoms with Crippen molar-refractivity contribution in [1.82, 2.24) is 15.1 Å². The number of hydrogen-bond acceptors (Lipinski definition) is 6. The van der Waals surface area contributed by atoms with E-state index >= 15 is 0 Å². The fourth-order valence-corrected chi connectivity index (χ4v) is 3.91. The zero-order chi connectivity index (χ0) is 24.8. The smallest absolute Gasteiger partial charge is 0.338 e. The van der Waals surface area contributed by atoms with Crippen molar-refractivity contribution in [3.05, 3.63) is 83.9 Å². The molecule has 1 heterocycles. The van der Waals surface area contributed by atoms with E-state index in [-0.39, 0.29) is 11.9 Å². The molecule has 0 aliphatic heterocycles. The van der Waals surface area contributed by atoms with Gasteiger partial charge in [0.2, 0.25) is 0 Å². The molecule has 0 atom stereocenters. The molecular formula is C28H28N4O3. The molecule has 35 heavy (non-hydrogen) atoms. The van der Waals surface area contributed by atoms with Crippen LogP contribution in [0.3, 0.4) is 0 Å². The first-order valence-corrected chi connectivity index (χ1v) is 11.7. The van der Waals surface area contributed by atoms with Crippen molar-refractivity contribution in [1.29, 1.82) is 0 Å². The molecular weight excluding hydrogens is 440 g/mol. The molecule has 1 amide bonds. The highest BCUT2D eigenvalue weighted by Crippen LogP contribution is 2.31. The molecule has 178 valence electrons. The van der Waals surface area contributed by atoms with E-state index in [4.69, 9.17) is 4.74 Å². The van der Waals surface area contributed by atoms with Gasteiger partial charge in [-0.2, -0.15) is 0 Å². The van der Waals surface area contributed by atoms with Crippen LogP contribution in [-0.4, -0.2) is 46.7 Å². The molecule has 0 radical (unpaired) electrons. The van der Waals surface area contributed by atoms with Crippen LogP contribution in [0, 0.1) is 0 Å². The Kier molecular flexibility index (Phi) is 7.35. The quantitative estimate of drug-likeness (QED) is 0.334. The number of esters is 1. The van der Waals surface area contributed by atoms with Gasteiger partial charge in [-0.25, -0.2) is 4.79 Å². The van der Waals surface area contributed by atoms with Gasteiger partial charge in [-0.15, -0.1) is 10.2 Å². The Morgan fingerprint density at radius 1 is 0.800 bits per heavy atom. The lowest BCUT2D eigenvalue weighted by Crippen LogP contribution is -2.30. The first kappa shape index (κ1) is 23.9. The molecule has 7 heteroatoms. The van der Waals surface area contributed by atoms with Gasteiger partial charge in [0.1, 0.15) is 5.69 Å². The molecule has 0 saturated carbocycles. The molecule has 1 aromatic heterocycles. The zero-order valence-corrected chi connectivity index (χ0v) is 20.1. The van der Waals surface area contributed by atoms with Crippen LogP contribution in [0.2, 0.25) is 0 Å². The van der Waals surface area contributed by atoms with Crippen LogP contribution in [0.15, 0.2) is 72.8 Å². The summed E-state index contributed by atoms with van der Waals surface area (Å²) in [6.45, 7) is 7.41. The number of nitrogens with zero attached hydrogens (tertiary/aromatic N) is 3. The van der Waals surface area contributed by atoms with Gasteiger partial charge in [-0.05, 0) is 57.2 Å². The number of nitrogens with one attached hydrogen (secondary N) is 1. The van der Waals surface area contributed by atoms with Crippen molar-refractivity contribution in [2.75, 3.05) is 25.0 Å². The molecule has 0 saturated heterocycles. The normalized spacial score (nSPS) is 10.7. The lowest BCUT2D eigenvalue weighted by Gasteiger charge is -2.18. The summed E-state index contributed by atoms with van der Waals surface area (Å²) < 4.78 is 5.06. The third-order valence-corrected chi connectivity index (χ3v) is 5.80. The minimum Gasteiger partial charge on any atom is -0.462 e. The van der Waals surface area contributed by atoms with Gasteiger partial charge in [-0.1, -0.05) is 36.4 Å². The summed E-state index contributed by atoms with van der Waals surface area (Å²) in [5.74, 6) is 0.291. The highest BCUT2D eigenvalue weighted by Gasteiger charge is 2.14. The first-order valence-electron chi connectivity index (χ1n) is 11.7. The fourth-order valence-electron chi connectivity index (χ4n) is 3.91. The highest BCUT2D eigenvalue weighted by atomic mass is 16.5. The number of fused-ring (bicyclic) bond motifs is 1. The Bertz CT molecular complexity index is 1330. The lowest BCUT2D eigenvalue weighted by atomic mass is 10.0. The predicted molar refractivity (Wildman–Crippen MR) is 138 cm³/mol. The van der Waals surface area contributed by atoms with Gasteiger partial charge in [0.15, 0.2) is 5.82 Å². The molecule has 4 rings (SSSR count). The lowest BCUT2D eigenvalue weighted by molar-refractivity contribution is 0.0526. The van der Waals surface area contributed by atoms with Crippen molar-refractivity contribution in [2.24, 2.45) is 0 Å². The maximum absolute atomic E-state index is 12.6. The van der Waals surface area contributed by atoms with Gasteiger partial charge < -0.3 is 15.0 Å². The van der Waals surface area contributed by atoms with Gasteiger partial charge in [0, 0.05) is 40.7 Å². The molecule has 0 fully saturated rings.